The number of nitrogens with one attached hydrogen (secondary N) is 1. The van der Waals surface area contributed by atoms with Crippen LogP contribution in [0, 0.1) is 0 Å². The van der Waals surface area contributed by atoms with Gasteiger partial charge in [0.05, 0.1) is 32.8 Å². The molecule has 0 radical (unpaired) electrons. The number of fused-ring (bicyclic) bond motifs is 1. The lowest BCUT2D eigenvalue weighted by Gasteiger charge is -2.31. The van der Waals surface area contributed by atoms with Crippen molar-refractivity contribution in [2.24, 2.45) is 14.1 Å². The Labute approximate surface area is 162 Å². The molecule has 0 aliphatic carbocycles. The number of hydrogen-bond donors (Lipinski definition) is 1. The number of carbonyl (C=O) groups is 1. The van der Waals surface area contributed by atoms with E-state index in [0.717, 1.165) is 23.5 Å². The van der Waals surface area contributed by atoms with Crippen molar-refractivity contribution in [2.45, 2.75) is 33.4 Å². The second-order valence-electron chi connectivity index (χ2n) is 7.48. The normalized spacial score (nSPS) is 15.6. The lowest BCUT2D eigenvalue weighted by molar-refractivity contribution is -0.918. The zero-order chi connectivity index (χ0) is 20.6. The summed E-state index contributed by atoms with van der Waals surface area (Å²) in [4.78, 5) is 44.5. The highest BCUT2D eigenvalue weighted by Gasteiger charge is 2.28. The summed E-state index contributed by atoms with van der Waals surface area (Å²) in [5.41, 5.74) is 0.168. The fraction of sp³-hybridized carbons (Fsp3) is 0.667. The molecule has 154 valence electrons. The van der Waals surface area contributed by atoms with E-state index in [4.69, 9.17) is 4.74 Å². The van der Waals surface area contributed by atoms with Crippen LogP contribution in [-0.4, -0.2) is 62.5 Å². The van der Waals surface area contributed by atoms with E-state index in [2.05, 4.69) is 4.98 Å². The monoisotopic (exact) mass is 393 g/mol. The van der Waals surface area contributed by atoms with Crippen molar-refractivity contribution in [3.05, 3.63) is 26.7 Å². The summed E-state index contributed by atoms with van der Waals surface area (Å²) < 4.78 is 9.54. The fourth-order valence-corrected chi connectivity index (χ4v) is 3.76. The summed E-state index contributed by atoms with van der Waals surface area (Å²) in [5, 5.41) is 0. The minimum absolute atomic E-state index is 0.0328. The Morgan fingerprint density at radius 2 is 1.82 bits per heavy atom. The van der Waals surface area contributed by atoms with Crippen LogP contribution in [0.1, 0.15) is 32.6 Å². The molecule has 3 rings (SSSR count). The molecule has 1 aliphatic heterocycles. The minimum Gasteiger partial charge on any atom is -0.450 e. The molecule has 1 amide bonds. The Morgan fingerprint density at radius 3 is 2.39 bits per heavy atom. The summed E-state index contributed by atoms with van der Waals surface area (Å²) in [6, 6.07) is 0.0328. The van der Waals surface area contributed by atoms with Crippen LogP contribution in [0.25, 0.3) is 11.2 Å². The number of aromatic nitrogens is 4. The van der Waals surface area contributed by atoms with Crippen molar-refractivity contribution in [3.63, 3.8) is 0 Å². The quantitative estimate of drug-likeness (QED) is 0.709. The van der Waals surface area contributed by atoms with E-state index >= 15 is 0 Å². The Kier molecular flexibility index (Phi) is 5.59. The van der Waals surface area contributed by atoms with Gasteiger partial charge < -0.3 is 14.2 Å². The third-order valence-electron chi connectivity index (χ3n) is 5.29. The molecule has 0 bridgehead atoms. The number of quaternary nitrogens is 1. The number of rotatable bonds is 4. The molecule has 0 saturated carbocycles. The van der Waals surface area contributed by atoms with E-state index in [0.29, 0.717) is 37.4 Å². The van der Waals surface area contributed by atoms with E-state index < -0.39 is 0 Å². The molecule has 0 unspecified atom stereocenters. The summed E-state index contributed by atoms with van der Waals surface area (Å²) in [5.74, 6) is 0.780. The van der Waals surface area contributed by atoms with Gasteiger partial charge in [0.2, 0.25) is 0 Å². The molecule has 10 nitrogen and oxygen atoms in total. The largest absolute Gasteiger partial charge is 0.450 e. The van der Waals surface area contributed by atoms with Crippen molar-refractivity contribution in [3.8, 4) is 0 Å². The molecule has 28 heavy (non-hydrogen) atoms. The van der Waals surface area contributed by atoms with Crippen LogP contribution in [0.3, 0.4) is 0 Å². The molecule has 1 saturated heterocycles. The molecule has 1 aliphatic rings. The van der Waals surface area contributed by atoms with Crippen LogP contribution in [0.4, 0.5) is 4.79 Å². The summed E-state index contributed by atoms with van der Waals surface area (Å²) >= 11 is 0. The lowest BCUT2D eigenvalue weighted by atomic mass is 10.3. The molecule has 0 spiro atoms. The molecule has 2 aromatic heterocycles. The minimum atomic E-state index is -0.382. The smallest absolute Gasteiger partial charge is 0.410 e. The number of ether oxygens (including phenoxy) is 1. The van der Waals surface area contributed by atoms with E-state index in [1.54, 1.807) is 18.9 Å². The average Bonchev–Trinajstić information content (AvgIpc) is 3.05. The number of piperazine rings is 1. The molecule has 1 N–H and O–H groups in total. The van der Waals surface area contributed by atoms with Crippen LogP contribution in [0.5, 0.6) is 0 Å². The van der Waals surface area contributed by atoms with Gasteiger partial charge in [0, 0.05) is 20.1 Å². The molecule has 1 fully saturated rings. The number of aryl methyl sites for hydroxylation is 1. The summed E-state index contributed by atoms with van der Waals surface area (Å²) in [6.07, 6.45) is -0.269. The first-order chi connectivity index (χ1) is 13.3. The van der Waals surface area contributed by atoms with E-state index in [9.17, 15) is 14.4 Å². The van der Waals surface area contributed by atoms with Gasteiger partial charge in [0.1, 0.15) is 6.54 Å². The second kappa shape index (κ2) is 7.78. The Bertz CT molecular complexity index is 994. The third kappa shape index (κ3) is 3.44. The Balaban J connectivity index is 1.90. The third-order valence-corrected chi connectivity index (χ3v) is 5.29. The first-order valence-corrected chi connectivity index (χ1v) is 9.68. The zero-order valence-electron chi connectivity index (χ0n) is 17.2. The predicted molar refractivity (Wildman–Crippen MR) is 104 cm³/mol. The van der Waals surface area contributed by atoms with Gasteiger partial charge in [-0.25, -0.2) is 14.6 Å². The van der Waals surface area contributed by atoms with E-state index in [-0.39, 0.29) is 23.4 Å². The van der Waals surface area contributed by atoms with Gasteiger partial charge in [-0.2, -0.15) is 0 Å². The summed E-state index contributed by atoms with van der Waals surface area (Å²) in [6.45, 7) is 9.60. The van der Waals surface area contributed by atoms with Crippen molar-refractivity contribution in [1.82, 2.24) is 23.6 Å². The zero-order valence-corrected chi connectivity index (χ0v) is 17.2. The second-order valence-corrected chi connectivity index (χ2v) is 7.48. The van der Waals surface area contributed by atoms with Crippen LogP contribution in [-0.2, 0) is 25.4 Å². The number of amides is 1. The topological polar surface area (TPSA) is 95.8 Å². The SMILES string of the molecule is CCOC(=O)N1CC[NH+](Cc2nc3c(c(=O)n(C)c(=O)n3C)n2C(C)C)CC1. The maximum absolute atomic E-state index is 12.7. The van der Waals surface area contributed by atoms with Crippen molar-refractivity contribution in [1.29, 1.82) is 0 Å². The molecule has 2 aromatic rings. The number of carbonyl (C=O) groups excluding carboxylic acids is 1. The van der Waals surface area contributed by atoms with Crippen LogP contribution in [0.2, 0.25) is 0 Å². The van der Waals surface area contributed by atoms with Gasteiger partial charge in [0.15, 0.2) is 17.0 Å². The highest BCUT2D eigenvalue weighted by molar-refractivity contribution is 5.71. The van der Waals surface area contributed by atoms with Gasteiger partial charge in [0.25, 0.3) is 5.56 Å². The first-order valence-electron chi connectivity index (χ1n) is 9.68. The van der Waals surface area contributed by atoms with Gasteiger partial charge in [-0.15, -0.1) is 0 Å². The van der Waals surface area contributed by atoms with Crippen molar-refractivity contribution < 1.29 is 14.4 Å². The Morgan fingerprint density at radius 1 is 1.18 bits per heavy atom. The maximum Gasteiger partial charge on any atom is 0.410 e. The maximum atomic E-state index is 12.7. The Hall–Kier alpha value is -2.62. The van der Waals surface area contributed by atoms with Gasteiger partial charge >= 0.3 is 11.8 Å². The van der Waals surface area contributed by atoms with Crippen molar-refractivity contribution >= 4 is 17.3 Å². The standard InChI is InChI=1S/C18H28N6O4/c1-6-28-18(27)23-9-7-22(8-10-23)11-13-19-15-14(24(13)12(2)3)16(25)21(5)17(26)20(15)4/h12H,6-11H2,1-5H3/p+1. The molecule has 0 aromatic carbocycles. The lowest BCUT2D eigenvalue weighted by Crippen LogP contribution is -3.13. The van der Waals surface area contributed by atoms with Gasteiger partial charge in [-0.05, 0) is 20.8 Å². The summed E-state index contributed by atoms with van der Waals surface area (Å²) in [7, 11) is 3.12. The van der Waals surface area contributed by atoms with Gasteiger partial charge in [-0.3, -0.25) is 18.8 Å². The molecule has 10 heteroatoms. The average molecular weight is 393 g/mol. The number of imidazole rings is 1. The van der Waals surface area contributed by atoms with E-state index in [1.807, 2.05) is 18.4 Å². The molecular formula is C18H29N6O4+. The number of nitrogens with zero attached hydrogens (tertiary/aromatic N) is 5. The highest BCUT2D eigenvalue weighted by atomic mass is 16.6. The molecule has 0 atom stereocenters. The van der Waals surface area contributed by atoms with Crippen LogP contribution in [0.15, 0.2) is 9.59 Å². The fourth-order valence-electron chi connectivity index (χ4n) is 3.76. The van der Waals surface area contributed by atoms with Crippen LogP contribution < -0.4 is 16.1 Å². The molecule has 3 heterocycles. The first kappa shape index (κ1) is 20.1. The van der Waals surface area contributed by atoms with E-state index in [1.165, 1.54) is 16.5 Å². The number of hydrogen-bond acceptors (Lipinski definition) is 5. The highest BCUT2D eigenvalue weighted by Crippen LogP contribution is 2.16. The van der Waals surface area contributed by atoms with Gasteiger partial charge in [-0.1, -0.05) is 0 Å². The van der Waals surface area contributed by atoms with Crippen molar-refractivity contribution in [2.75, 3.05) is 32.8 Å². The van der Waals surface area contributed by atoms with Crippen LogP contribution >= 0.6 is 0 Å². The predicted octanol–water partition coefficient (Wildman–Crippen LogP) is -1.13. The molecular weight excluding hydrogens is 364 g/mol.